The van der Waals surface area contributed by atoms with Gasteiger partial charge in [-0.05, 0) is 57.7 Å². The van der Waals surface area contributed by atoms with E-state index in [0.717, 1.165) is 17.9 Å². The van der Waals surface area contributed by atoms with Crippen molar-refractivity contribution < 1.29 is 0 Å². The summed E-state index contributed by atoms with van der Waals surface area (Å²) in [6, 6.07) is 1.43. The van der Waals surface area contributed by atoms with Crippen LogP contribution in [-0.2, 0) is 0 Å². The third-order valence-corrected chi connectivity index (χ3v) is 5.21. The van der Waals surface area contributed by atoms with Gasteiger partial charge in [-0.3, -0.25) is 0 Å². The first-order valence-corrected chi connectivity index (χ1v) is 8.56. The van der Waals surface area contributed by atoms with Crippen LogP contribution in [0.25, 0.3) is 0 Å². The lowest BCUT2D eigenvalue weighted by Gasteiger charge is -2.36. The van der Waals surface area contributed by atoms with E-state index < -0.39 is 0 Å². The molecule has 0 amide bonds. The summed E-state index contributed by atoms with van der Waals surface area (Å²) < 4.78 is 0. The minimum absolute atomic E-state index is 0.674. The molecule has 0 heterocycles. The number of hydrogen-bond acceptors (Lipinski definition) is 2. The van der Waals surface area contributed by atoms with Crippen LogP contribution in [0.5, 0.6) is 0 Å². The summed E-state index contributed by atoms with van der Waals surface area (Å²) in [5.74, 6) is 1.74. The van der Waals surface area contributed by atoms with Gasteiger partial charge in [0.25, 0.3) is 0 Å². The predicted octanol–water partition coefficient (Wildman–Crippen LogP) is 3.91. The summed E-state index contributed by atoms with van der Waals surface area (Å²) in [5.41, 5.74) is 0. The fourth-order valence-electron chi connectivity index (χ4n) is 3.43. The normalized spacial score (nSPS) is 29.7. The Morgan fingerprint density at radius 1 is 1.16 bits per heavy atom. The molecule has 114 valence electrons. The summed E-state index contributed by atoms with van der Waals surface area (Å²) in [5, 5.41) is 3.89. The SMILES string of the molecule is CCN(CC)CCCC(C)NC1CCCC(C)C1C. The third-order valence-electron chi connectivity index (χ3n) is 5.21. The predicted molar refractivity (Wildman–Crippen MR) is 85.6 cm³/mol. The molecule has 0 spiro atoms. The molecule has 1 fully saturated rings. The van der Waals surface area contributed by atoms with Crippen LogP contribution in [0.15, 0.2) is 0 Å². The summed E-state index contributed by atoms with van der Waals surface area (Å²) >= 11 is 0. The highest BCUT2D eigenvalue weighted by molar-refractivity contribution is 4.84. The van der Waals surface area contributed by atoms with E-state index in [1.807, 2.05) is 0 Å². The van der Waals surface area contributed by atoms with Gasteiger partial charge in [0, 0.05) is 12.1 Å². The molecule has 0 radical (unpaired) electrons. The molecule has 0 aromatic rings. The first-order chi connectivity index (χ1) is 9.08. The molecule has 2 nitrogen and oxygen atoms in total. The second-order valence-electron chi connectivity index (χ2n) is 6.61. The maximum atomic E-state index is 3.89. The lowest BCUT2D eigenvalue weighted by Crippen LogP contribution is -2.44. The van der Waals surface area contributed by atoms with Crippen molar-refractivity contribution in [3.8, 4) is 0 Å². The zero-order valence-corrected chi connectivity index (χ0v) is 13.9. The molecule has 0 bridgehead atoms. The average Bonchev–Trinajstić information content (AvgIpc) is 2.40. The third kappa shape index (κ3) is 5.83. The van der Waals surface area contributed by atoms with Crippen LogP contribution in [-0.4, -0.2) is 36.6 Å². The standard InChI is InChI=1S/C17H36N2/c1-6-19(7-2)13-9-11-15(4)18-17-12-8-10-14(3)16(17)5/h14-18H,6-13H2,1-5H3. The molecule has 0 saturated heterocycles. The zero-order valence-electron chi connectivity index (χ0n) is 13.9. The van der Waals surface area contributed by atoms with Crippen LogP contribution < -0.4 is 5.32 Å². The lowest BCUT2D eigenvalue weighted by atomic mass is 9.78. The smallest absolute Gasteiger partial charge is 0.00977 e. The van der Waals surface area contributed by atoms with E-state index in [0.29, 0.717) is 6.04 Å². The Morgan fingerprint density at radius 3 is 2.47 bits per heavy atom. The molecule has 19 heavy (non-hydrogen) atoms. The van der Waals surface area contributed by atoms with Crippen molar-refractivity contribution in [1.29, 1.82) is 0 Å². The summed E-state index contributed by atoms with van der Waals surface area (Å²) in [7, 11) is 0. The van der Waals surface area contributed by atoms with Crippen LogP contribution in [0.1, 0.15) is 66.7 Å². The average molecular weight is 268 g/mol. The van der Waals surface area contributed by atoms with Crippen LogP contribution in [0, 0.1) is 11.8 Å². The van der Waals surface area contributed by atoms with Gasteiger partial charge in [0.05, 0.1) is 0 Å². The van der Waals surface area contributed by atoms with Crippen LogP contribution >= 0.6 is 0 Å². The van der Waals surface area contributed by atoms with Crippen molar-refractivity contribution >= 4 is 0 Å². The summed E-state index contributed by atoms with van der Waals surface area (Å²) in [6.07, 6.45) is 6.86. The molecule has 4 atom stereocenters. The topological polar surface area (TPSA) is 15.3 Å². The Bertz CT molecular complexity index is 225. The van der Waals surface area contributed by atoms with Crippen LogP contribution in [0.4, 0.5) is 0 Å². The summed E-state index contributed by atoms with van der Waals surface area (Å²) in [6.45, 7) is 15.4. The Labute approximate surface area is 121 Å². The molecule has 4 unspecified atom stereocenters. The van der Waals surface area contributed by atoms with Gasteiger partial charge in [0.2, 0.25) is 0 Å². The van der Waals surface area contributed by atoms with Gasteiger partial charge in [-0.2, -0.15) is 0 Å². The number of nitrogens with zero attached hydrogens (tertiary/aromatic N) is 1. The molecule has 0 aromatic heterocycles. The maximum absolute atomic E-state index is 3.89. The first kappa shape index (κ1) is 17.0. The van der Waals surface area contributed by atoms with Crippen molar-refractivity contribution in [2.24, 2.45) is 11.8 Å². The van der Waals surface area contributed by atoms with E-state index in [1.165, 1.54) is 51.7 Å². The van der Waals surface area contributed by atoms with Gasteiger partial charge < -0.3 is 10.2 Å². The van der Waals surface area contributed by atoms with Crippen molar-refractivity contribution in [3.63, 3.8) is 0 Å². The summed E-state index contributed by atoms with van der Waals surface area (Å²) in [4.78, 5) is 2.53. The minimum Gasteiger partial charge on any atom is -0.311 e. The van der Waals surface area contributed by atoms with E-state index in [-0.39, 0.29) is 0 Å². The molecule has 1 aliphatic carbocycles. The Hall–Kier alpha value is -0.0800. The minimum atomic E-state index is 0.674. The van der Waals surface area contributed by atoms with Gasteiger partial charge in [0.1, 0.15) is 0 Å². The fraction of sp³-hybridized carbons (Fsp3) is 1.00. The highest BCUT2D eigenvalue weighted by Crippen LogP contribution is 2.29. The highest BCUT2D eigenvalue weighted by Gasteiger charge is 2.27. The van der Waals surface area contributed by atoms with Crippen molar-refractivity contribution in [1.82, 2.24) is 10.2 Å². The molecule has 1 rings (SSSR count). The lowest BCUT2D eigenvalue weighted by molar-refractivity contribution is 0.191. The monoisotopic (exact) mass is 268 g/mol. The van der Waals surface area contributed by atoms with Gasteiger partial charge in [-0.25, -0.2) is 0 Å². The molecule has 0 aliphatic heterocycles. The van der Waals surface area contributed by atoms with Crippen molar-refractivity contribution in [2.45, 2.75) is 78.8 Å². The van der Waals surface area contributed by atoms with Crippen LogP contribution in [0.2, 0.25) is 0 Å². The second kappa shape index (κ2) is 8.97. The van der Waals surface area contributed by atoms with E-state index in [1.54, 1.807) is 0 Å². The molecular weight excluding hydrogens is 232 g/mol. The molecule has 0 aromatic carbocycles. The quantitative estimate of drug-likeness (QED) is 0.718. The van der Waals surface area contributed by atoms with Gasteiger partial charge >= 0.3 is 0 Å². The molecule has 2 heteroatoms. The van der Waals surface area contributed by atoms with Crippen molar-refractivity contribution in [3.05, 3.63) is 0 Å². The van der Waals surface area contributed by atoms with Gasteiger partial charge in [0.15, 0.2) is 0 Å². The van der Waals surface area contributed by atoms with E-state index in [4.69, 9.17) is 0 Å². The number of hydrogen-bond donors (Lipinski definition) is 1. The Morgan fingerprint density at radius 2 is 1.84 bits per heavy atom. The van der Waals surface area contributed by atoms with Gasteiger partial charge in [-0.15, -0.1) is 0 Å². The Balaban J connectivity index is 2.21. The van der Waals surface area contributed by atoms with E-state index in [2.05, 4.69) is 44.8 Å². The maximum Gasteiger partial charge on any atom is 0.00977 e. The van der Waals surface area contributed by atoms with Crippen LogP contribution in [0.3, 0.4) is 0 Å². The Kier molecular flexibility index (Phi) is 8.01. The molecule has 1 saturated carbocycles. The highest BCUT2D eigenvalue weighted by atomic mass is 15.1. The number of rotatable bonds is 8. The van der Waals surface area contributed by atoms with Crippen molar-refractivity contribution in [2.75, 3.05) is 19.6 Å². The molecule has 1 aliphatic rings. The molecule has 1 N–H and O–H groups in total. The second-order valence-corrected chi connectivity index (χ2v) is 6.61. The van der Waals surface area contributed by atoms with E-state index in [9.17, 15) is 0 Å². The largest absolute Gasteiger partial charge is 0.311 e. The fourth-order valence-corrected chi connectivity index (χ4v) is 3.43. The van der Waals surface area contributed by atoms with E-state index >= 15 is 0 Å². The first-order valence-electron chi connectivity index (χ1n) is 8.56. The number of nitrogens with one attached hydrogen (secondary N) is 1. The zero-order chi connectivity index (χ0) is 14.3. The van der Waals surface area contributed by atoms with Gasteiger partial charge in [-0.1, -0.05) is 40.5 Å². The molecular formula is C17H36N2.